The summed E-state index contributed by atoms with van der Waals surface area (Å²) in [4.78, 5) is 42.5. The number of benzene rings is 2. The predicted octanol–water partition coefficient (Wildman–Crippen LogP) is 3.10. The zero-order valence-electron chi connectivity index (χ0n) is 27.0. The predicted molar refractivity (Wildman–Crippen MR) is 167 cm³/mol. The van der Waals surface area contributed by atoms with Gasteiger partial charge in [0.2, 0.25) is 12.7 Å². The van der Waals surface area contributed by atoms with E-state index in [1.165, 1.54) is 25.1 Å². The van der Waals surface area contributed by atoms with Crippen molar-refractivity contribution in [2.24, 2.45) is 5.41 Å². The van der Waals surface area contributed by atoms with Gasteiger partial charge in [0.1, 0.15) is 5.60 Å². The standard InChI is InChI=1S/C31H44N4O10S/c1-21(36)24(16-22-10-8-7-9-11-22)34-29(39)45-35(46(40,41)23-12-13-25-26(17-23)43-20-42-25)19-31(5,6)14-15-32-27(37)18-33-28(38)44-30(2,3)4/h7-13,17,21,24,36H,14-16,18-20H2,1-6H3,(H,32,37)(H,33,38)(H,34,39). The molecular weight excluding hydrogens is 620 g/mol. The average Bonchev–Trinajstić information content (AvgIpc) is 3.43. The molecule has 2 unspecified atom stereocenters. The van der Waals surface area contributed by atoms with E-state index in [0.717, 1.165) is 5.56 Å². The Morgan fingerprint density at radius 3 is 2.30 bits per heavy atom. The lowest BCUT2D eigenvalue weighted by Crippen LogP contribution is -2.48. The van der Waals surface area contributed by atoms with Crippen LogP contribution in [0.5, 0.6) is 11.5 Å². The number of alkyl carbamates (subject to hydrolysis) is 1. The fourth-order valence-electron chi connectivity index (χ4n) is 4.30. The summed E-state index contributed by atoms with van der Waals surface area (Å²) in [6, 6.07) is 12.5. The molecule has 0 radical (unpaired) electrons. The van der Waals surface area contributed by atoms with Crippen molar-refractivity contribution < 1.29 is 47.0 Å². The third-order valence-corrected chi connectivity index (χ3v) is 8.34. The van der Waals surface area contributed by atoms with Crippen LogP contribution >= 0.6 is 0 Å². The number of hydrogen-bond acceptors (Lipinski definition) is 10. The van der Waals surface area contributed by atoms with Gasteiger partial charge in [-0.25, -0.2) is 18.0 Å². The lowest BCUT2D eigenvalue weighted by Gasteiger charge is -2.31. The van der Waals surface area contributed by atoms with E-state index in [1.807, 2.05) is 30.3 Å². The highest BCUT2D eigenvalue weighted by Crippen LogP contribution is 2.35. The van der Waals surface area contributed by atoms with Crippen LogP contribution in [0.25, 0.3) is 0 Å². The fraction of sp³-hybridized carbons (Fsp3) is 0.516. The maximum Gasteiger partial charge on any atom is 0.427 e. The number of nitrogens with zero attached hydrogens (tertiary/aromatic N) is 1. The summed E-state index contributed by atoms with van der Waals surface area (Å²) in [5.74, 6) is 0.135. The van der Waals surface area contributed by atoms with E-state index in [4.69, 9.17) is 19.0 Å². The summed E-state index contributed by atoms with van der Waals surface area (Å²) >= 11 is 0. The molecule has 1 heterocycles. The van der Waals surface area contributed by atoms with Crippen LogP contribution in [0.3, 0.4) is 0 Å². The van der Waals surface area contributed by atoms with Crippen molar-refractivity contribution in [1.82, 2.24) is 20.4 Å². The second kappa shape index (κ2) is 15.5. The van der Waals surface area contributed by atoms with Crippen molar-refractivity contribution in [1.29, 1.82) is 0 Å². The summed E-state index contributed by atoms with van der Waals surface area (Å²) in [6.45, 7) is 9.58. The van der Waals surface area contributed by atoms with Crippen molar-refractivity contribution in [3.8, 4) is 11.5 Å². The third-order valence-electron chi connectivity index (χ3n) is 6.75. The number of aliphatic hydroxyl groups is 1. The topological polar surface area (TPSA) is 182 Å². The van der Waals surface area contributed by atoms with Gasteiger partial charge < -0.3 is 40.1 Å². The van der Waals surface area contributed by atoms with Crippen LogP contribution in [0, 0.1) is 5.41 Å². The van der Waals surface area contributed by atoms with Crippen LogP contribution in [0.4, 0.5) is 9.59 Å². The molecule has 0 aromatic heterocycles. The number of carbonyl (C=O) groups is 3. The first-order chi connectivity index (χ1) is 21.4. The zero-order chi connectivity index (χ0) is 34.1. The van der Waals surface area contributed by atoms with Gasteiger partial charge in [-0.3, -0.25) is 4.79 Å². The SMILES string of the molecule is CC(O)C(Cc1ccccc1)NC(=O)ON(CC(C)(C)CCNC(=O)CNC(=O)OC(C)(C)C)S(=O)(=O)c1ccc2c(c1)OCO2. The molecule has 2 aromatic rings. The van der Waals surface area contributed by atoms with E-state index in [1.54, 1.807) is 34.6 Å². The van der Waals surface area contributed by atoms with Crippen molar-refractivity contribution in [2.45, 2.75) is 77.0 Å². The van der Waals surface area contributed by atoms with Gasteiger partial charge in [0.15, 0.2) is 11.5 Å². The monoisotopic (exact) mass is 664 g/mol. The molecule has 0 spiro atoms. The van der Waals surface area contributed by atoms with Crippen molar-refractivity contribution in [2.75, 3.05) is 26.4 Å². The number of fused-ring (bicyclic) bond motifs is 1. The largest absolute Gasteiger partial charge is 0.454 e. The number of nitrogens with one attached hydrogen (secondary N) is 3. The van der Waals surface area contributed by atoms with Crippen LogP contribution in [-0.4, -0.2) is 80.3 Å². The minimum Gasteiger partial charge on any atom is -0.454 e. The van der Waals surface area contributed by atoms with Gasteiger partial charge in [-0.1, -0.05) is 44.2 Å². The first kappa shape index (κ1) is 36.4. The second-order valence-electron chi connectivity index (χ2n) is 12.7. The van der Waals surface area contributed by atoms with Gasteiger partial charge in [-0.15, -0.1) is 0 Å². The van der Waals surface area contributed by atoms with Gasteiger partial charge in [-0.2, -0.15) is 0 Å². The minimum atomic E-state index is -4.44. The number of carbonyl (C=O) groups excluding carboxylic acids is 3. The molecule has 14 nitrogen and oxygen atoms in total. The first-order valence-electron chi connectivity index (χ1n) is 14.8. The van der Waals surface area contributed by atoms with E-state index in [-0.39, 0.29) is 49.9 Å². The Kier molecular flexibility index (Phi) is 12.2. The van der Waals surface area contributed by atoms with Crippen LogP contribution in [0.1, 0.15) is 53.5 Å². The molecule has 3 amide bonds. The fourth-order valence-corrected chi connectivity index (χ4v) is 5.72. The summed E-state index contributed by atoms with van der Waals surface area (Å²) in [6.07, 6.45) is -2.24. The van der Waals surface area contributed by atoms with E-state index < -0.39 is 51.3 Å². The molecule has 46 heavy (non-hydrogen) atoms. The van der Waals surface area contributed by atoms with Crippen LogP contribution < -0.4 is 25.4 Å². The molecule has 0 saturated carbocycles. The van der Waals surface area contributed by atoms with Crippen molar-refractivity contribution in [3.63, 3.8) is 0 Å². The molecule has 0 fully saturated rings. The molecule has 15 heteroatoms. The number of hydroxylamine groups is 1. The Bertz CT molecular complexity index is 1460. The lowest BCUT2D eigenvalue weighted by atomic mass is 9.89. The molecule has 254 valence electrons. The number of amides is 3. The molecule has 4 N–H and O–H groups in total. The number of aliphatic hydroxyl groups excluding tert-OH is 1. The summed E-state index contributed by atoms with van der Waals surface area (Å²) in [5, 5.41) is 18.0. The Morgan fingerprint density at radius 1 is 0.978 bits per heavy atom. The second-order valence-corrected chi connectivity index (χ2v) is 14.5. The Labute approximate surface area is 269 Å². The molecule has 0 saturated heterocycles. The molecule has 3 rings (SSSR count). The third kappa shape index (κ3) is 11.4. The quantitative estimate of drug-likeness (QED) is 0.219. The molecule has 2 aromatic carbocycles. The van der Waals surface area contributed by atoms with Gasteiger partial charge in [0.25, 0.3) is 10.0 Å². The molecular formula is C31H44N4O10S. The maximum absolute atomic E-state index is 13.8. The Balaban J connectivity index is 1.71. The minimum absolute atomic E-state index is 0.0599. The van der Waals surface area contributed by atoms with Crippen LogP contribution in [0.2, 0.25) is 0 Å². The van der Waals surface area contributed by atoms with Crippen molar-refractivity contribution in [3.05, 3.63) is 54.1 Å². The van der Waals surface area contributed by atoms with Gasteiger partial charge in [-0.05, 0) is 68.1 Å². The summed E-state index contributed by atoms with van der Waals surface area (Å²) in [5.41, 5.74) is -0.693. The highest BCUT2D eigenvalue weighted by atomic mass is 32.2. The van der Waals surface area contributed by atoms with Gasteiger partial charge in [0, 0.05) is 12.6 Å². The molecule has 1 aliphatic heterocycles. The average molecular weight is 665 g/mol. The van der Waals surface area contributed by atoms with Crippen molar-refractivity contribution >= 4 is 28.1 Å². The van der Waals surface area contributed by atoms with Gasteiger partial charge >= 0.3 is 12.2 Å². The number of ether oxygens (including phenoxy) is 3. The molecule has 0 aliphatic carbocycles. The molecule has 0 bridgehead atoms. The normalized spacial score (nSPS) is 14.3. The van der Waals surface area contributed by atoms with E-state index in [2.05, 4.69) is 16.0 Å². The molecule has 1 aliphatic rings. The Hall–Kier alpha value is -4.08. The highest BCUT2D eigenvalue weighted by Gasteiger charge is 2.36. The van der Waals surface area contributed by atoms with Crippen LogP contribution in [0.15, 0.2) is 53.4 Å². The molecule has 2 atom stereocenters. The summed E-state index contributed by atoms with van der Waals surface area (Å²) < 4.78 is 44.0. The van der Waals surface area contributed by atoms with E-state index in [9.17, 15) is 27.9 Å². The highest BCUT2D eigenvalue weighted by molar-refractivity contribution is 7.89. The lowest BCUT2D eigenvalue weighted by molar-refractivity contribution is -0.120. The zero-order valence-corrected chi connectivity index (χ0v) is 27.8. The number of sulfonamides is 1. The van der Waals surface area contributed by atoms with E-state index in [0.29, 0.717) is 10.2 Å². The number of rotatable bonds is 14. The Morgan fingerprint density at radius 2 is 1.65 bits per heavy atom. The maximum atomic E-state index is 13.8. The number of hydrogen-bond donors (Lipinski definition) is 4. The summed E-state index contributed by atoms with van der Waals surface area (Å²) in [7, 11) is -4.44. The smallest absolute Gasteiger partial charge is 0.427 e. The first-order valence-corrected chi connectivity index (χ1v) is 16.3. The van der Waals surface area contributed by atoms with Gasteiger partial charge in [0.05, 0.1) is 30.1 Å². The van der Waals surface area contributed by atoms with Crippen LogP contribution in [-0.2, 0) is 30.8 Å². The van der Waals surface area contributed by atoms with E-state index >= 15 is 0 Å².